The second kappa shape index (κ2) is 7.63. The van der Waals surface area contributed by atoms with Gasteiger partial charge in [0.05, 0.1) is 12.7 Å². The standard InChI is InChI=1S/C14H16O4S/c1-10(15)19-8-4-3-5-11-6-7-12(14(16)17)9-13(11)18-2/h3,5-7,9H,4,8H2,1-2H3,(H,16,17). The van der Waals surface area contributed by atoms with E-state index >= 15 is 0 Å². The maximum absolute atomic E-state index is 10.8. The summed E-state index contributed by atoms with van der Waals surface area (Å²) in [4.78, 5) is 21.6. The van der Waals surface area contributed by atoms with Crippen LogP contribution in [0.15, 0.2) is 24.3 Å². The number of rotatable bonds is 6. The molecule has 0 fully saturated rings. The zero-order chi connectivity index (χ0) is 14.3. The Labute approximate surface area is 116 Å². The highest BCUT2D eigenvalue weighted by molar-refractivity contribution is 8.13. The highest BCUT2D eigenvalue weighted by Gasteiger charge is 2.06. The number of carbonyl (C=O) groups excluding carboxylic acids is 1. The lowest BCUT2D eigenvalue weighted by atomic mass is 10.1. The molecule has 1 N–H and O–H groups in total. The van der Waals surface area contributed by atoms with Gasteiger partial charge in [0.2, 0.25) is 0 Å². The summed E-state index contributed by atoms with van der Waals surface area (Å²) in [6.45, 7) is 1.54. The van der Waals surface area contributed by atoms with Crippen LogP contribution >= 0.6 is 11.8 Å². The predicted molar refractivity (Wildman–Crippen MR) is 76.7 cm³/mol. The molecule has 1 rings (SSSR count). The van der Waals surface area contributed by atoms with Crippen molar-refractivity contribution in [3.63, 3.8) is 0 Å². The number of ether oxygens (including phenoxy) is 1. The maximum atomic E-state index is 10.8. The molecule has 0 heterocycles. The molecule has 0 amide bonds. The van der Waals surface area contributed by atoms with Crippen LogP contribution in [0.4, 0.5) is 0 Å². The van der Waals surface area contributed by atoms with Crippen molar-refractivity contribution in [3.05, 3.63) is 35.4 Å². The number of methoxy groups -OCH3 is 1. The van der Waals surface area contributed by atoms with Crippen molar-refractivity contribution in [2.75, 3.05) is 12.9 Å². The van der Waals surface area contributed by atoms with E-state index < -0.39 is 5.97 Å². The Morgan fingerprint density at radius 2 is 2.16 bits per heavy atom. The van der Waals surface area contributed by atoms with Crippen molar-refractivity contribution in [2.45, 2.75) is 13.3 Å². The molecular formula is C14H16O4S. The van der Waals surface area contributed by atoms with Crippen LogP contribution in [0.5, 0.6) is 5.75 Å². The lowest BCUT2D eigenvalue weighted by Crippen LogP contribution is -1.97. The van der Waals surface area contributed by atoms with Crippen molar-refractivity contribution < 1.29 is 19.4 Å². The number of aromatic carboxylic acids is 1. The van der Waals surface area contributed by atoms with Crippen molar-refractivity contribution >= 4 is 28.9 Å². The Morgan fingerprint density at radius 3 is 2.74 bits per heavy atom. The van der Waals surface area contributed by atoms with E-state index in [-0.39, 0.29) is 10.7 Å². The molecular weight excluding hydrogens is 264 g/mol. The van der Waals surface area contributed by atoms with Crippen LogP contribution in [-0.4, -0.2) is 29.1 Å². The number of carboxylic acid groups (broad SMARTS) is 1. The van der Waals surface area contributed by atoms with Gasteiger partial charge in [-0.25, -0.2) is 4.79 Å². The fourth-order valence-electron chi connectivity index (χ4n) is 1.46. The predicted octanol–water partition coefficient (Wildman–Crippen LogP) is 3.08. The lowest BCUT2D eigenvalue weighted by Gasteiger charge is -2.05. The number of thioether (sulfide) groups is 1. The van der Waals surface area contributed by atoms with E-state index in [0.29, 0.717) is 5.75 Å². The summed E-state index contributed by atoms with van der Waals surface area (Å²) in [6.07, 6.45) is 4.58. The molecule has 0 aliphatic heterocycles. The van der Waals surface area contributed by atoms with E-state index in [1.54, 1.807) is 13.0 Å². The molecule has 0 unspecified atom stereocenters. The quantitative estimate of drug-likeness (QED) is 0.811. The number of benzene rings is 1. The molecule has 0 aliphatic rings. The molecule has 0 bridgehead atoms. The third-order valence-corrected chi connectivity index (χ3v) is 3.21. The summed E-state index contributed by atoms with van der Waals surface area (Å²) in [5.74, 6) is 0.281. The van der Waals surface area contributed by atoms with Crippen molar-refractivity contribution in [3.8, 4) is 5.75 Å². The topological polar surface area (TPSA) is 63.6 Å². The van der Waals surface area contributed by atoms with Gasteiger partial charge in [-0.3, -0.25) is 4.79 Å². The van der Waals surface area contributed by atoms with Crippen LogP contribution in [0.25, 0.3) is 6.08 Å². The average molecular weight is 280 g/mol. The average Bonchev–Trinajstić information content (AvgIpc) is 2.37. The van der Waals surface area contributed by atoms with Crippen LogP contribution in [0.3, 0.4) is 0 Å². The maximum Gasteiger partial charge on any atom is 0.335 e. The van der Waals surface area contributed by atoms with E-state index in [2.05, 4.69) is 0 Å². The molecule has 19 heavy (non-hydrogen) atoms. The second-order valence-corrected chi connectivity index (χ2v) is 5.06. The van der Waals surface area contributed by atoms with Gasteiger partial charge in [0.15, 0.2) is 5.12 Å². The van der Waals surface area contributed by atoms with Crippen LogP contribution in [0, 0.1) is 0 Å². The fourth-order valence-corrected chi connectivity index (χ4v) is 2.00. The molecule has 0 spiro atoms. The smallest absolute Gasteiger partial charge is 0.335 e. The SMILES string of the molecule is COc1cc(C(=O)O)ccc1C=CCCSC(C)=O. The molecule has 4 nitrogen and oxygen atoms in total. The Bertz CT molecular complexity index is 494. The highest BCUT2D eigenvalue weighted by atomic mass is 32.2. The van der Waals surface area contributed by atoms with Crippen LogP contribution in [-0.2, 0) is 4.79 Å². The summed E-state index contributed by atoms with van der Waals surface area (Å²) in [5, 5.41) is 8.99. The highest BCUT2D eigenvalue weighted by Crippen LogP contribution is 2.22. The number of hydrogen-bond acceptors (Lipinski definition) is 4. The summed E-state index contributed by atoms with van der Waals surface area (Å²) in [6, 6.07) is 4.73. The normalized spacial score (nSPS) is 10.6. The zero-order valence-corrected chi connectivity index (χ0v) is 11.7. The Morgan fingerprint density at radius 1 is 1.42 bits per heavy atom. The molecule has 0 aliphatic carbocycles. The van der Waals surface area contributed by atoms with E-state index in [4.69, 9.17) is 9.84 Å². The Hall–Kier alpha value is -1.75. The third-order valence-electron chi connectivity index (χ3n) is 2.37. The molecule has 5 heteroatoms. The van der Waals surface area contributed by atoms with Gasteiger partial charge in [-0.1, -0.05) is 30.0 Å². The van der Waals surface area contributed by atoms with Gasteiger partial charge < -0.3 is 9.84 Å². The van der Waals surface area contributed by atoms with Gasteiger partial charge in [0.25, 0.3) is 0 Å². The number of carbonyl (C=O) groups is 2. The number of carboxylic acids is 1. The molecule has 1 aromatic rings. The largest absolute Gasteiger partial charge is 0.496 e. The van der Waals surface area contributed by atoms with Crippen molar-refractivity contribution in [1.82, 2.24) is 0 Å². The summed E-state index contributed by atoms with van der Waals surface area (Å²) in [7, 11) is 1.50. The number of allylic oxidation sites excluding steroid dienone is 1. The van der Waals surface area contributed by atoms with E-state index in [1.165, 1.54) is 31.0 Å². The molecule has 0 aromatic heterocycles. The summed E-state index contributed by atoms with van der Waals surface area (Å²) >= 11 is 1.28. The monoisotopic (exact) mass is 280 g/mol. The van der Waals surface area contributed by atoms with Crippen LogP contribution in [0.1, 0.15) is 29.3 Å². The Kier molecular flexibility index (Phi) is 6.15. The van der Waals surface area contributed by atoms with Gasteiger partial charge in [-0.2, -0.15) is 0 Å². The Balaban J connectivity index is 2.69. The van der Waals surface area contributed by atoms with E-state index in [9.17, 15) is 9.59 Å². The van der Waals surface area contributed by atoms with Crippen molar-refractivity contribution in [2.24, 2.45) is 0 Å². The lowest BCUT2D eigenvalue weighted by molar-refractivity contribution is -0.109. The minimum Gasteiger partial charge on any atom is -0.496 e. The molecule has 102 valence electrons. The van der Waals surface area contributed by atoms with E-state index in [0.717, 1.165) is 17.7 Å². The molecule has 0 saturated carbocycles. The van der Waals surface area contributed by atoms with Gasteiger partial charge >= 0.3 is 5.97 Å². The van der Waals surface area contributed by atoms with E-state index in [1.807, 2.05) is 12.2 Å². The first-order valence-electron chi connectivity index (χ1n) is 5.76. The number of hydrogen-bond donors (Lipinski definition) is 1. The molecule has 0 saturated heterocycles. The van der Waals surface area contributed by atoms with Crippen LogP contribution in [0.2, 0.25) is 0 Å². The van der Waals surface area contributed by atoms with Crippen LogP contribution < -0.4 is 4.74 Å². The summed E-state index contributed by atoms with van der Waals surface area (Å²) in [5.41, 5.74) is 1.02. The first-order chi connectivity index (χ1) is 9.04. The van der Waals surface area contributed by atoms with Gasteiger partial charge in [0, 0.05) is 18.2 Å². The fraction of sp³-hybridized carbons (Fsp3) is 0.286. The molecule has 0 atom stereocenters. The minimum atomic E-state index is -0.980. The third kappa shape index (κ3) is 5.18. The van der Waals surface area contributed by atoms with Gasteiger partial charge in [0.1, 0.15) is 5.75 Å². The molecule has 1 aromatic carbocycles. The van der Waals surface area contributed by atoms with Crippen molar-refractivity contribution in [1.29, 1.82) is 0 Å². The first-order valence-corrected chi connectivity index (χ1v) is 6.74. The van der Waals surface area contributed by atoms with Gasteiger partial charge in [-0.05, 0) is 18.6 Å². The second-order valence-electron chi connectivity index (χ2n) is 3.79. The summed E-state index contributed by atoms with van der Waals surface area (Å²) < 4.78 is 5.16. The minimum absolute atomic E-state index is 0.108. The van der Waals surface area contributed by atoms with Gasteiger partial charge in [-0.15, -0.1) is 0 Å². The molecule has 0 radical (unpaired) electrons. The zero-order valence-electron chi connectivity index (χ0n) is 10.9. The first kappa shape index (κ1) is 15.3.